The van der Waals surface area contributed by atoms with Crippen LogP contribution in [0.1, 0.15) is 22.3 Å². The summed E-state index contributed by atoms with van der Waals surface area (Å²) in [7, 11) is -3.73. The molecule has 0 radical (unpaired) electrons. The maximum Gasteiger partial charge on any atom is 0.253 e. The van der Waals surface area contributed by atoms with Crippen molar-refractivity contribution in [3.63, 3.8) is 0 Å². The smallest absolute Gasteiger partial charge is 0.253 e. The van der Waals surface area contributed by atoms with Gasteiger partial charge in [-0.15, -0.1) is 0 Å². The Morgan fingerprint density at radius 3 is 2.39 bits per heavy atom. The maximum absolute atomic E-state index is 13.1. The summed E-state index contributed by atoms with van der Waals surface area (Å²) in [4.78, 5) is 14.7. The Balaban J connectivity index is 1.41. The third-order valence-corrected chi connectivity index (χ3v) is 7.21. The zero-order valence-corrected chi connectivity index (χ0v) is 17.7. The average Bonchev–Trinajstić information content (AvgIpc) is 3.15. The number of sulfonamides is 1. The number of aromatic nitrogens is 2. The minimum Gasteiger partial charge on any atom is -0.337 e. The fraction of sp³-hybridized carbons (Fsp3) is 0.273. The molecule has 162 valence electrons. The molecule has 0 aliphatic carbocycles. The monoisotopic (exact) mass is 442 g/mol. The van der Waals surface area contributed by atoms with Crippen LogP contribution in [-0.2, 0) is 16.6 Å². The first-order valence-electron chi connectivity index (χ1n) is 10.0. The second kappa shape index (κ2) is 8.99. The van der Waals surface area contributed by atoms with E-state index in [2.05, 4.69) is 5.10 Å². The molecule has 31 heavy (non-hydrogen) atoms. The molecule has 1 fully saturated rings. The standard InChI is InChI=1S/C22H23FN4O3S/c23-20-7-9-21(10-8-20)31(29,30)27-14-2-12-25(15-16-27)22(28)19-5-3-18(4-6-19)17-26-13-1-11-24-26/h1,3-11,13H,2,12,14-17H2. The third-order valence-electron chi connectivity index (χ3n) is 5.30. The van der Waals surface area contributed by atoms with Gasteiger partial charge in [-0.25, -0.2) is 12.8 Å². The highest BCUT2D eigenvalue weighted by molar-refractivity contribution is 7.89. The highest BCUT2D eigenvalue weighted by Crippen LogP contribution is 2.19. The lowest BCUT2D eigenvalue weighted by molar-refractivity contribution is 0.0764. The lowest BCUT2D eigenvalue weighted by Crippen LogP contribution is -2.37. The Kier molecular flexibility index (Phi) is 6.15. The largest absolute Gasteiger partial charge is 0.337 e. The molecule has 7 nitrogen and oxygen atoms in total. The van der Waals surface area contributed by atoms with Gasteiger partial charge in [-0.1, -0.05) is 12.1 Å². The summed E-state index contributed by atoms with van der Waals surface area (Å²) in [6.07, 6.45) is 4.13. The molecule has 9 heteroatoms. The zero-order valence-electron chi connectivity index (χ0n) is 16.9. The molecule has 0 unspecified atom stereocenters. The number of benzene rings is 2. The van der Waals surface area contributed by atoms with Crippen LogP contribution in [0.2, 0.25) is 0 Å². The number of hydrogen-bond donors (Lipinski definition) is 0. The lowest BCUT2D eigenvalue weighted by Gasteiger charge is -2.22. The molecule has 4 rings (SSSR count). The molecule has 0 atom stereocenters. The summed E-state index contributed by atoms with van der Waals surface area (Å²) in [6.45, 7) is 1.91. The van der Waals surface area contributed by atoms with Gasteiger partial charge in [0.1, 0.15) is 5.82 Å². The van der Waals surface area contributed by atoms with Crippen LogP contribution >= 0.6 is 0 Å². The predicted octanol–water partition coefficient (Wildman–Crippen LogP) is 2.61. The van der Waals surface area contributed by atoms with Gasteiger partial charge in [0, 0.05) is 44.1 Å². The van der Waals surface area contributed by atoms with Crippen LogP contribution in [0.3, 0.4) is 0 Å². The van der Waals surface area contributed by atoms with Gasteiger partial charge in [0.05, 0.1) is 11.4 Å². The molecule has 1 aliphatic heterocycles. The Hall–Kier alpha value is -3.04. The van der Waals surface area contributed by atoms with Crippen LogP contribution in [0, 0.1) is 5.82 Å². The number of amides is 1. The van der Waals surface area contributed by atoms with E-state index in [0.29, 0.717) is 38.2 Å². The summed E-state index contributed by atoms with van der Waals surface area (Å²) in [5, 5.41) is 4.18. The minimum absolute atomic E-state index is 0.0569. The van der Waals surface area contributed by atoms with Gasteiger partial charge in [-0.3, -0.25) is 9.48 Å². The van der Waals surface area contributed by atoms with Crippen molar-refractivity contribution in [3.8, 4) is 0 Å². The first-order valence-corrected chi connectivity index (χ1v) is 11.5. The van der Waals surface area contributed by atoms with Crippen molar-refractivity contribution in [2.75, 3.05) is 26.2 Å². The molecule has 2 heterocycles. The molecule has 1 aromatic heterocycles. The third kappa shape index (κ3) is 4.83. The average molecular weight is 443 g/mol. The number of halogens is 1. The van der Waals surface area contributed by atoms with Crippen molar-refractivity contribution in [1.82, 2.24) is 19.0 Å². The van der Waals surface area contributed by atoms with Gasteiger partial charge in [0.2, 0.25) is 10.0 Å². The molecular weight excluding hydrogens is 419 g/mol. The Labute approximate surface area is 180 Å². The summed E-state index contributed by atoms with van der Waals surface area (Å²) in [5.41, 5.74) is 1.60. The molecule has 3 aromatic rings. The van der Waals surface area contributed by atoms with Crippen molar-refractivity contribution in [2.24, 2.45) is 0 Å². The Bertz CT molecular complexity index is 1130. The Morgan fingerprint density at radius 2 is 1.71 bits per heavy atom. The highest BCUT2D eigenvalue weighted by atomic mass is 32.2. The summed E-state index contributed by atoms with van der Waals surface area (Å²) in [6, 6.07) is 14.0. The van der Waals surface area contributed by atoms with Gasteiger partial charge in [0.25, 0.3) is 5.91 Å². The van der Waals surface area contributed by atoms with Crippen LogP contribution in [0.15, 0.2) is 71.9 Å². The topological polar surface area (TPSA) is 75.5 Å². The predicted molar refractivity (Wildman–Crippen MR) is 113 cm³/mol. The van der Waals surface area contributed by atoms with Crippen molar-refractivity contribution in [1.29, 1.82) is 0 Å². The fourth-order valence-corrected chi connectivity index (χ4v) is 5.08. The molecule has 1 amide bonds. The van der Waals surface area contributed by atoms with Crippen LogP contribution in [0.4, 0.5) is 4.39 Å². The number of carbonyl (C=O) groups is 1. The van der Waals surface area contributed by atoms with Crippen LogP contribution < -0.4 is 0 Å². The van der Waals surface area contributed by atoms with Crippen LogP contribution in [0.5, 0.6) is 0 Å². The quantitative estimate of drug-likeness (QED) is 0.609. The molecule has 1 saturated heterocycles. The minimum atomic E-state index is -3.73. The van der Waals surface area contributed by atoms with Crippen LogP contribution in [-0.4, -0.2) is 59.5 Å². The van der Waals surface area contributed by atoms with Gasteiger partial charge >= 0.3 is 0 Å². The first-order chi connectivity index (χ1) is 14.9. The normalized spacial score (nSPS) is 15.6. The second-order valence-corrected chi connectivity index (χ2v) is 9.34. The lowest BCUT2D eigenvalue weighted by atomic mass is 10.1. The van der Waals surface area contributed by atoms with E-state index in [-0.39, 0.29) is 17.3 Å². The van der Waals surface area contributed by atoms with Gasteiger partial charge in [0.15, 0.2) is 0 Å². The second-order valence-electron chi connectivity index (χ2n) is 7.40. The summed E-state index contributed by atoms with van der Waals surface area (Å²) < 4.78 is 42.0. The van der Waals surface area contributed by atoms with E-state index in [9.17, 15) is 17.6 Å². The van der Waals surface area contributed by atoms with Crippen molar-refractivity contribution >= 4 is 15.9 Å². The fourth-order valence-electron chi connectivity index (χ4n) is 3.61. The molecule has 2 aromatic carbocycles. The number of hydrogen-bond acceptors (Lipinski definition) is 4. The molecular formula is C22H23FN4O3S. The first kappa shape index (κ1) is 21.2. The molecule has 0 bridgehead atoms. The maximum atomic E-state index is 13.1. The number of rotatable bonds is 5. The van der Waals surface area contributed by atoms with E-state index in [1.54, 1.807) is 23.2 Å². The van der Waals surface area contributed by atoms with Crippen LogP contribution in [0.25, 0.3) is 0 Å². The molecule has 0 spiro atoms. The van der Waals surface area contributed by atoms with E-state index in [1.807, 2.05) is 29.1 Å². The van der Waals surface area contributed by atoms with Gasteiger partial charge in [-0.05, 0) is 54.4 Å². The molecule has 0 N–H and O–H groups in total. The summed E-state index contributed by atoms with van der Waals surface area (Å²) >= 11 is 0. The Morgan fingerprint density at radius 1 is 0.968 bits per heavy atom. The van der Waals surface area contributed by atoms with E-state index in [0.717, 1.165) is 17.7 Å². The van der Waals surface area contributed by atoms with Gasteiger partial charge in [-0.2, -0.15) is 9.40 Å². The number of carbonyl (C=O) groups excluding carboxylic acids is 1. The van der Waals surface area contributed by atoms with Crippen molar-refractivity contribution < 1.29 is 17.6 Å². The summed E-state index contributed by atoms with van der Waals surface area (Å²) in [5.74, 6) is -0.603. The SMILES string of the molecule is O=C(c1ccc(Cn2cccn2)cc1)N1CCCN(S(=O)(=O)c2ccc(F)cc2)CC1. The van der Waals surface area contributed by atoms with E-state index in [4.69, 9.17) is 0 Å². The zero-order chi connectivity index (χ0) is 21.8. The van der Waals surface area contributed by atoms with Crippen molar-refractivity contribution in [2.45, 2.75) is 17.9 Å². The highest BCUT2D eigenvalue weighted by Gasteiger charge is 2.28. The molecule has 1 aliphatic rings. The van der Waals surface area contributed by atoms with E-state index in [1.165, 1.54) is 16.4 Å². The van der Waals surface area contributed by atoms with E-state index < -0.39 is 15.8 Å². The number of nitrogens with zero attached hydrogens (tertiary/aromatic N) is 4. The van der Waals surface area contributed by atoms with Gasteiger partial charge < -0.3 is 4.90 Å². The van der Waals surface area contributed by atoms with Crippen molar-refractivity contribution in [3.05, 3.63) is 83.9 Å². The molecule has 0 saturated carbocycles. The van der Waals surface area contributed by atoms with E-state index >= 15 is 0 Å².